The molecule has 2 aliphatic heterocycles. The third-order valence-electron chi connectivity index (χ3n) is 4.53. The van der Waals surface area contributed by atoms with E-state index >= 15 is 0 Å². The number of hydrogen-bond acceptors (Lipinski definition) is 3. The lowest BCUT2D eigenvalue weighted by Gasteiger charge is -2.26. The summed E-state index contributed by atoms with van der Waals surface area (Å²) in [6.07, 6.45) is 0.151. The van der Waals surface area contributed by atoms with Crippen LogP contribution in [0.15, 0.2) is 48.5 Å². The molecular weight excluding hydrogens is 276 g/mol. The summed E-state index contributed by atoms with van der Waals surface area (Å²) < 4.78 is 18.1. The highest BCUT2D eigenvalue weighted by Crippen LogP contribution is 2.43. The largest absolute Gasteiger partial charge is 0.348 e. The Morgan fingerprint density at radius 2 is 1.23 bits per heavy atom. The topological polar surface area (TPSA) is 27.7 Å². The Kier molecular flexibility index (Phi) is 2.74. The summed E-state index contributed by atoms with van der Waals surface area (Å²) in [5.74, 6) is 0. The van der Waals surface area contributed by atoms with Gasteiger partial charge in [-0.3, -0.25) is 0 Å². The highest BCUT2D eigenvalue weighted by molar-refractivity contribution is 6.11. The van der Waals surface area contributed by atoms with Crippen molar-refractivity contribution in [3.05, 3.63) is 59.7 Å². The van der Waals surface area contributed by atoms with Gasteiger partial charge in [0.25, 0.3) is 0 Å². The normalized spacial score (nSPS) is 24.2. The Labute approximate surface area is 128 Å². The Balaban J connectivity index is 1.94. The van der Waals surface area contributed by atoms with Crippen molar-refractivity contribution in [2.45, 2.75) is 19.0 Å². The highest BCUT2D eigenvalue weighted by Gasteiger charge is 2.30. The molecule has 110 valence electrons. The van der Waals surface area contributed by atoms with Crippen molar-refractivity contribution in [1.29, 1.82) is 0 Å². The molecule has 2 heterocycles. The monoisotopic (exact) mass is 292 g/mol. The average Bonchev–Trinajstić information content (AvgIpc) is 2.68. The molecule has 0 saturated carbocycles. The van der Waals surface area contributed by atoms with Crippen LogP contribution in [-0.4, -0.2) is 13.2 Å². The summed E-state index contributed by atoms with van der Waals surface area (Å²) in [6.45, 7) is 1.31. The van der Waals surface area contributed by atoms with Crippen molar-refractivity contribution in [2.24, 2.45) is 0 Å². The fourth-order valence-electron chi connectivity index (χ4n) is 3.56. The molecule has 0 aromatic heterocycles. The summed E-state index contributed by atoms with van der Waals surface area (Å²) in [7, 11) is 0. The van der Waals surface area contributed by atoms with Crippen LogP contribution in [-0.2, 0) is 14.2 Å². The molecule has 2 unspecified atom stereocenters. The van der Waals surface area contributed by atoms with Crippen LogP contribution in [0.25, 0.3) is 21.5 Å². The van der Waals surface area contributed by atoms with Gasteiger partial charge in [-0.2, -0.15) is 0 Å². The lowest BCUT2D eigenvalue weighted by Crippen LogP contribution is -2.19. The molecule has 3 nitrogen and oxygen atoms in total. The van der Waals surface area contributed by atoms with Crippen molar-refractivity contribution in [3.63, 3.8) is 0 Å². The quantitative estimate of drug-likeness (QED) is 0.573. The summed E-state index contributed by atoms with van der Waals surface area (Å²) in [5, 5.41) is 4.89. The maximum absolute atomic E-state index is 6.17. The lowest BCUT2D eigenvalue weighted by molar-refractivity contribution is -0.269. The SMILES string of the molecule is c1cc2c3c(c1)ccc1cccc(c13)C1OCCCOC2O1. The highest BCUT2D eigenvalue weighted by atomic mass is 16.8. The van der Waals surface area contributed by atoms with Gasteiger partial charge in [-0.25, -0.2) is 0 Å². The van der Waals surface area contributed by atoms with E-state index in [1.165, 1.54) is 21.5 Å². The van der Waals surface area contributed by atoms with Gasteiger partial charge in [-0.1, -0.05) is 48.5 Å². The zero-order valence-electron chi connectivity index (χ0n) is 12.1. The third kappa shape index (κ3) is 1.73. The van der Waals surface area contributed by atoms with Gasteiger partial charge in [-0.05, 0) is 28.0 Å². The minimum Gasteiger partial charge on any atom is -0.348 e. The van der Waals surface area contributed by atoms with Crippen LogP contribution in [0.4, 0.5) is 0 Å². The van der Waals surface area contributed by atoms with Crippen molar-refractivity contribution in [2.75, 3.05) is 13.2 Å². The van der Waals surface area contributed by atoms with Gasteiger partial charge in [0, 0.05) is 11.1 Å². The van der Waals surface area contributed by atoms with Crippen molar-refractivity contribution in [1.82, 2.24) is 0 Å². The van der Waals surface area contributed by atoms with Gasteiger partial charge in [-0.15, -0.1) is 0 Å². The second-order valence-corrected chi connectivity index (χ2v) is 5.85. The molecule has 1 fully saturated rings. The van der Waals surface area contributed by atoms with Crippen LogP contribution in [0.5, 0.6) is 0 Å². The Hall–Kier alpha value is -1.94. The first-order valence-electron chi connectivity index (χ1n) is 7.75. The van der Waals surface area contributed by atoms with E-state index in [9.17, 15) is 0 Å². The first-order valence-corrected chi connectivity index (χ1v) is 7.75. The van der Waals surface area contributed by atoms with Gasteiger partial charge >= 0.3 is 0 Å². The van der Waals surface area contributed by atoms with Crippen LogP contribution in [0.3, 0.4) is 0 Å². The van der Waals surface area contributed by atoms with Gasteiger partial charge < -0.3 is 14.2 Å². The zero-order valence-corrected chi connectivity index (χ0v) is 12.1. The van der Waals surface area contributed by atoms with Gasteiger partial charge in [0.2, 0.25) is 0 Å². The smallest absolute Gasteiger partial charge is 0.187 e. The molecule has 3 aromatic rings. The standard InChI is InChI=1S/C19H16O3/c1-4-12-8-9-13-5-2-7-15-17(13)16(12)14(6-1)18-20-10-3-11-21-19(15)22-18/h1-2,4-9,18-19H,3,10-11H2. The van der Waals surface area contributed by atoms with E-state index in [4.69, 9.17) is 14.2 Å². The van der Waals surface area contributed by atoms with Gasteiger partial charge in [0.1, 0.15) is 0 Å². The van der Waals surface area contributed by atoms with Crippen LogP contribution in [0.1, 0.15) is 30.1 Å². The average molecular weight is 292 g/mol. The predicted molar refractivity (Wildman–Crippen MR) is 84.5 cm³/mol. The van der Waals surface area contributed by atoms with Crippen LogP contribution >= 0.6 is 0 Å². The molecule has 0 aliphatic carbocycles. The minimum atomic E-state index is -0.369. The summed E-state index contributed by atoms with van der Waals surface area (Å²) in [5.41, 5.74) is 2.20. The van der Waals surface area contributed by atoms with Crippen LogP contribution in [0, 0.1) is 0 Å². The molecule has 3 heteroatoms. The molecule has 3 aromatic carbocycles. The fraction of sp³-hybridized carbons (Fsp3) is 0.263. The van der Waals surface area contributed by atoms with Gasteiger partial charge in [0.15, 0.2) is 12.6 Å². The van der Waals surface area contributed by atoms with E-state index < -0.39 is 0 Å². The predicted octanol–water partition coefficient (Wildman–Crippen LogP) is 4.46. The molecule has 5 rings (SSSR count). The second kappa shape index (κ2) is 4.78. The van der Waals surface area contributed by atoms with E-state index in [0.717, 1.165) is 17.5 Å². The Morgan fingerprint density at radius 3 is 1.77 bits per heavy atom. The minimum absolute atomic E-state index is 0.369. The fourth-order valence-corrected chi connectivity index (χ4v) is 3.56. The molecule has 0 amide bonds. The zero-order chi connectivity index (χ0) is 14.5. The number of rotatable bonds is 0. The molecule has 2 aliphatic rings. The second-order valence-electron chi connectivity index (χ2n) is 5.85. The molecule has 1 saturated heterocycles. The van der Waals surface area contributed by atoms with Crippen molar-refractivity contribution >= 4 is 21.5 Å². The first-order chi connectivity index (χ1) is 10.9. The molecule has 2 bridgehead atoms. The summed E-state index contributed by atoms with van der Waals surface area (Å²) in [6, 6.07) is 17.0. The van der Waals surface area contributed by atoms with Gasteiger partial charge in [0.05, 0.1) is 13.2 Å². The number of benzene rings is 3. The number of fused-ring (bicyclic) bond motifs is 4. The summed E-state index contributed by atoms with van der Waals surface area (Å²) >= 11 is 0. The van der Waals surface area contributed by atoms with E-state index in [0.29, 0.717) is 13.2 Å². The maximum Gasteiger partial charge on any atom is 0.187 e. The Bertz CT molecular complexity index is 800. The number of hydrogen-bond donors (Lipinski definition) is 0. The molecule has 2 atom stereocenters. The lowest BCUT2D eigenvalue weighted by atomic mass is 9.95. The van der Waals surface area contributed by atoms with E-state index in [2.05, 4.69) is 48.5 Å². The van der Waals surface area contributed by atoms with Crippen LogP contribution < -0.4 is 0 Å². The molecule has 0 spiro atoms. The molecule has 22 heavy (non-hydrogen) atoms. The number of ether oxygens (including phenoxy) is 3. The third-order valence-corrected chi connectivity index (χ3v) is 4.53. The maximum atomic E-state index is 6.17. The first kappa shape index (κ1) is 12.6. The van der Waals surface area contributed by atoms with E-state index in [1.54, 1.807) is 0 Å². The molecule has 0 radical (unpaired) electrons. The Morgan fingerprint density at radius 1 is 0.682 bits per heavy atom. The summed E-state index contributed by atoms with van der Waals surface area (Å²) in [4.78, 5) is 0. The van der Waals surface area contributed by atoms with Crippen molar-refractivity contribution < 1.29 is 14.2 Å². The van der Waals surface area contributed by atoms with Crippen molar-refractivity contribution in [3.8, 4) is 0 Å². The van der Waals surface area contributed by atoms with Crippen LogP contribution in [0.2, 0.25) is 0 Å². The molecule has 0 N–H and O–H groups in total. The van der Waals surface area contributed by atoms with E-state index in [-0.39, 0.29) is 12.6 Å². The molecular formula is C19H16O3. The van der Waals surface area contributed by atoms with E-state index in [1.807, 2.05) is 0 Å².